The highest BCUT2D eigenvalue weighted by molar-refractivity contribution is 7.87. The third-order valence-electron chi connectivity index (χ3n) is 4.26. The number of anilines is 1. The summed E-state index contributed by atoms with van der Waals surface area (Å²) in [6.07, 6.45) is 0.868. The molecule has 1 N–H and O–H groups in total. The maximum Gasteiger partial charge on any atom is 0.311 e. The molecule has 2 aromatic rings. The lowest BCUT2D eigenvalue weighted by Gasteiger charge is -2.24. The first kappa shape index (κ1) is 21.8. The van der Waals surface area contributed by atoms with Crippen molar-refractivity contribution in [2.24, 2.45) is 0 Å². The number of nitrogens with one attached hydrogen (secondary N) is 1. The molecule has 28 heavy (non-hydrogen) atoms. The summed E-state index contributed by atoms with van der Waals surface area (Å²) < 4.78 is 34.5. The summed E-state index contributed by atoms with van der Waals surface area (Å²) in [6, 6.07) is 13.1. The number of carbonyl (C=O) groups is 1. The normalized spacial score (nSPS) is 11.9. The zero-order valence-electron chi connectivity index (χ0n) is 16.9. The number of hydrogen-bond acceptors (Lipinski definition) is 5. The van der Waals surface area contributed by atoms with Crippen molar-refractivity contribution in [2.45, 2.75) is 51.9 Å². The van der Waals surface area contributed by atoms with E-state index in [2.05, 4.69) is 12.2 Å². The Morgan fingerprint density at radius 1 is 1.00 bits per heavy atom. The van der Waals surface area contributed by atoms with Gasteiger partial charge in [0.1, 0.15) is 17.1 Å². The zero-order valence-corrected chi connectivity index (χ0v) is 17.7. The highest BCUT2D eigenvalue weighted by atomic mass is 32.2. The van der Waals surface area contributed by atoms with E-state index in [9.17, 15) is 13.2 Å². The quantitative estimate of drug-likeness (QED) is 0.648. The van der Waals surface area contributed by atoms with Crippen molar-refractivity contribution in [2.75, 3.05) is 5.32 Å². The molecule has 0 aliphatic rings. The van der Waals surface area contributed by atoms with Gasteiger partial charge in [-0.05, 0) is 82.6 Å². The molecule has 0 atom stereocenters. The van der Waals surface area contributed by atoms with E-state index in [1.54, 1.807) is 50.2 Å². The van der Waals surface area contributed by atoms with Gasteiger partial charge in [-0.2, -0.15) is 8.42 Å². The molecule has 2 aromatic carbocycles. The first-order valence-corrected chi connectivity index (χ1v) is 10.6. The van der Waals surface area contributed by atoms with Gasteiger partial charge < -0.3 is 14.2 Å². The maximum absolute atomic E-state index is 12.4. The predicted octanol–water partition coefficient (Wildman–Crippen LogP) is 4.62. The van der Waals surface area contributed by atoms with Crippen LogP contribution in [0.25, 0.3) is 0 Å². The van der Waals surface area contributed by atoms with Crippen molar-refractivity contribution >= 4 is 21.7 Å². The molecule has 0 aliphatic carbocycles. The van der Waals surface area contributed by atoms with E-state index in [0.29, 0.717) is 17.0 Å². The second-order valence-electron chi connectivity index (χ2n) is 7.34. The maximum atomic E-state index is 12.4. The molecule has 0 aliphatic heterocycles. The minimum atomic E-state index is -3.65. The Kier molecular flexibility index (Phi) is 6.72. The molecule has 2 rings (SSSR count). The Bertz CT molecular complexity index is 901. The lowest BCUT2D eigenvalue weighted by atomic mass is 10.1. The van der Waals surface area contributed by atoms with Crippen molar-refractivity contribution in [3.63, 3.8) is 0 Å². The average molecular weight is 406 g/mol. The summed E-state index contributed by atoms with van der Waals surface area (Å²) in [5, 5.41) is 2.13. The minimum absolute atomic E-state index is 0.201. The summed E-state index contributed by atoms with van der Waals surface area (Å²) in [5.74, 6) is 0.632. The summed E-state index contributed by atoms with van der Waals surface area (Å²) >= 11 is 0. The van der Waals surface area contributed by atoms with Gasteiger partial charge in [0.15, 0.2) is 0 Å². The van der Waals surface area contributed by atoms with Crippen molar-refractivity contribution in [3.05, 3.63) is 54.1 Å². The van der Waals surface area contributed by atoms with Gasteiger partial charge in [0.05, 0.1) is 5.25 Å². The van der Waals surface area contributed by atoms with E-state index >= 15 is 0 Å². The van der Waals surface area contributed by atoms with Crippen LogP contribution in [0.15, 0.2) is 48.5 Å². The standard InChI is InChI=1S/C21H27NO5S/c1-6-21(4,5)26-18-11-7-16(8-12-18)20(23)22-17-9-13-19(14-10-17)27-28(24,25)15(2)3/h7-15H,6H2,1-5H3,(H,22,23). The molecule has 152 valence electrons. The van der Waals surface area contributed by atoms with E-state index < -0.39 is 15.4 Å². The van der Waals surface area contributed by atoms with Crippen molar-refractivity contribution < 1.29 is 22.1 Å². The average Bonchev–Trinajstić information content (AvgIpc) is 2.63. The Balaban J connectivity index is 2.01. The number of amides is 1. The smallest absolute Gasteiger partial charge is 0.311 e. The fourth-order valence-corrected chi connectivity index (χ4v) is 2.66. The molecule has 1 amide bonds. The largest absolute Gasteiger partial charge is 0.488 e. The minimum Gasteiger partial charge on any atom is -0.488 e. The second-order valence-corrected chi connectivity index (χ2v) is 9.44. The molecule has 0 unspecified atom stereocenters. The van der Waals surface area contributed by atoms with Crippen LogP contribution < -0.4 is 14.2 Å². The molecular weight excluding hydrogens is 378 g/mol. The molecule has 0 aromatic heterocycles. The Labute approximate surface area is 167 Å². The van der Waals surface area contributed by atoms with Gasteiger partial charge >= 0.3 is 10.1 Å². The molecule has 6 nitrogen and oxygen atoms in total. The van der Waals surface area contributed by atoms with Crippen LogP contribution in [-0.2, 0) is 10.1 Å². The van der Waals surface area contributed by atoms with Crippen LogP contribution in [-0.4, -0.2) is 25.2 Å². The van der Waals surface area contributed by atoms with E-state index in [-0.39, 0.29) is 17.3 Å². The summed E-state index contributed by atoms with van der Waals surface area (Å²) in [5.41, 5.74) is 0.757. The van der Waals surface area contributed by atoms with E-state index in [1.165, 1.54) is 12.1 Å². The van der Waals surface area contributed by atoms with Gasteiger partial charge in [0.25, 0.3) is 5.91 Å². The Hall–Kier alpha value is -2.54. The summed E-state index contributed by atoms with van der Waals surface area (Å²) in [6.45, 7) is 9.16. The van der Waals surface area contributed by atoms with Crippen LogP contribution in [0.4, 0.5) is 5.69 Å². The van der Waals surface area contributed by atoms with Crippen molar-refractivity contribution in [3.8, 4) is 11.5 Å². The Morgan fingerprint density at radius 3 is 2.04 bits per heavy atom. The topological polar surface area (TPSA) is 81.7 Å². The fourth-order valence-electron chi connectivity index (χ4n) is 2.09. The fraction of sp³-hybridized carbons (Fsp3) is 0.381. The van der Waals surface area contributed by atoms with Crippen LogP contribution in [0.2, 0.25) is 0 Å². The number of ether oxygens (including phenoxy) is 1. The molecule has 0 heterocycles. The van der Waals surface area contributed by atoms with E-state index in [0.717, 1.165) is 6.42 Å². The first-order chi connectivity index (χ1) is 13.0. The number of rotatable bonds is 8. The highest BCUT2D eigenvalue weighted by Crippen LogP contribution is 2.22. The summed E-state index contributed by atoms with van der Waals surface area (Å²) in [4.78, 5) is 12.4. The third-order valence-corrected chi connectivity index (χ3v) is 5.84. The van der Waals surface area contributed by atoms with Gasteiger partial charge in [-0.3, -0.25) is 4.79 Å². The molecule has 7 heteroatoms. The van der Waals surface area contributed by atoms with E-state index in [4.69, 9.17) is 8.92 Å². The Morgan fingerprint density at radius 2 is 1.54 bits per heavy atom. The van der Waals surface area contributed by atoms with Gasteiger partial charge in [0.2, 0.25) is 0 Å². The molecular formula is C21H27NO5S. The van der Waals surface area contributed by atoms with Gasteiger partial charge in [-0.1, -0.05) is 6.92 Å². The third kappa shape index (κ3) is 5.99. The zero-order chi connectivity index (χ0) is 20.9. The monoisotopic (exact) mass is 405 g/mol. The second kappa shape index (κ2) is 8.65. The van der Waals surface area contributed by atoms with Crippen LogP contribution in [0.5, 0.6) is 11.5 Å². The van der Waals surface area contributed by atoms with Gasteiger partial charge in [-0.15, -0.1) is 0 Å². The molecule has 0 radical (unpaired) electrons. The van der Waals surface area contributed by atoms with E-state index in [1.807, 2.05) is 13.8 Å². The lowest BCUT2D eigenvalue weighted by molar-refractivity contribution is 0.102. The number of hydrogen-bond donors (Lipinski definition) is 1. The van der Waals surface area contributed by atoms with Crippen molar-refractivity contribution in [1.82, 2.24) is 0 Å². The molecule has 0 saturated heterocycles. The molecule has 0 fully saturated rings. The molecule has 0 bridgehead atoms. The number of carbonyl (C=O) groups excluding carboxylic acids is 1. The summed E-state index contributed by atoms with van der Waals surface area (Å²) in [7, 11) is -3.65. The van der Waals surface area contributed by atoms with Gasteiger partial charge in [0, 0.05) is 11.3 Å². The van der Waals surface area contributed by atoms with Gasteiger partial charge in [-0.25, -0.2) is 0 Å². The number of benzene rings is 2. The van der Waals surface area contributed by atoms with Crippen molar-refractivity contribution in [1.29, 1.82) is 0 Å². The first-order valence-electron chi connectivity index (χ1n) is 9.16. The molecule has 0 spiro atoms. The lowest BCUT2D eigenvalue weighted by Crippen LogP contribution is -2.26. The SMILES string of the molecule is CCC(C)(C)Oc1ccc(C(=O)Nc2ccc(OS(=O)(=O)C(C)C)cc2)cc1. The van der Waals surface area contributed by atoms with Crippen LogP contribution in [0, 0.1) is 0 Å². The van der Waals surface area contributed by atoms with Crippen LogP contribution >= 0.6 is 0 Å². The van der Waals surface area contributed by atoms with Crippen LogP contribution in [0.1, 0.15) is 51.4 Å². The highest BCUT2D eigenvalue weighted by Gasteiger charge is 2.18. The predicted molar refractivity (Wildman–Crippen MR) is 111 cm³/mol. The molecule has 0 saturated carbocycles. The van der Waals surface area contributed by atoms with Crippen LogP contribution in [0.3, 0.4) is 0 Å².